The topological polar surface area (TPSA) is 95.2 Å². The van der Waals surface area contributed by atoms with Crippen molar-refractivity contribution in [1.82, 2.24) is 0 Å². The van der Waals surface area contributed by atoms with E-state index in [4.69, 9.17) is 11.5 Å². The van der Waals surface area contributed by atoms with E-state index in [9.17, 15) is 14.5 Å². The molecule has 0 saturated carbocycles. The standard InChI is InChI=1S/C6H8FN3O2/c7-6(9)3-4(10(11)12)1-2-5(6)8/h1-3,5H,8-9H2. The van der Waals surface area contributed by atoms with Crippen LogP contribution >= 0.6 is 0 Å². The van der Waals surface area contributed by atoms with E-state index in [0.29, 0.717) is 6.08 Å². The second-order valence-corrected chi connectivity index (χ2v) is 2.54. The summed E-state index contributed by atoms with van der Waals surface area (Å²) in [6.07, 6.45) is 3.01. The minimum absolute atomic E-state index is 0.373. The summed E-state index contributed by atoms with van der Waals surface area (Å²) < 4.78 is 13.1. The molecule has 0 aromatic carbocycles. The quantitative estimate of drug-likeness (QED) is 0.322. The Labute approximate surface area is 67.7 Å². The molecule has 1 rings (SSSR count). The summed E-state index contributed by atoms with van der Waals surface area (Å²) in [5, 5.41) is 10.2. The van der Waals surface area contributed by atoms with Crippen molar-refractivity contribution < 1.29 is 9.31 Å². The second-order valence-electron chi connectivity index (χ2n) is 2.54. The van der Waals surface area contributed by atoms with Gasteiger partial charge in [0.2, 0.25) is 5.79 Å². The number of halogens is 1. The van der Waals surface area contributed by atoms with Crippen molar-refractivity contribution >= 4 is 0 Å². The highest BCUT2D eigenvalue weighted by molar-refractivity contribution is 5.26. The molecule has 0 bridgehead atoms. The lowest BCUT2D eigenvalue weighted by atomic mass is 10.0. The number of hydrogen-bond donors (Lipinski definition) is 2. The fraction of sp³-hybridized carbons (Fsp3) is 0.333. The zero-order chi connectivity index (χ0) is 9.35. The number of nitro groups is 1. The van der Waals surface area contributed by atoms with Crippen molar-refractivity contribution in [3.05, 3.63) is 34.0 Å². The third-order valence-electron chi connectivity index (χ3n) is 1.57. The van der Waals surface area contributed by atoms with E-state index in [-0.39, 0.29) is 5.70 Å². The van der Waals surface area contributed by atoms with Gasteiger partial charge in [0.1, 0.15) is 0 Å². The lowest BCUT2D eigenvalue weighted by Crippen LogP contribution is -2.50. The third-order valence-corrected chi connectivity index (χ3v) is 1.57. The fourth-order valence-electron chi connectivity index (χ4n) is 0.834. The molecular weight excluding hydrogens is 165 g/mol. The van der Waals surface area contributed by atoms with Crippen LogP contribution in [0, 0.1) is 10.1 Å². The second kappa shape index (κ2) is 2.65. The first kappa shape index (κ1) is 8.82. The Morgan fingerprint density at radius 2 is 2.33 bits per heavy atom. The number of nitrogens with zero attached hydrogens (tertiary/aromatic N) is 1. The maximum absolute atomic E-state index is 13.1. The summed E-state index contributed by atoms with van der Waals surface area (Å²) in [6.45, 7) is 0. The molecule has 0 aliphatic heterocycles. The van der Waals surface area contributed by atoms with Crippen LogP contribution in [0.5, 0.6) is 0 Å². The molecule has 0 saturated heterocycles. The van der Waals surface area contributed by atoms with Crippen molar-refractivity contribution in [3.63, 3.8) is 0 Å². The van der Waals surface area contributed by atoms with Crippen LogP contribution in [0.4, 0.5) is 4.39 Å². The van der Waals surface area contributed by atoms with Crippen molar-refractivity contribution in [2.45, 2.75) is 11.8 Å². The lowest BCUT2D eigenvalue weighted by molar-refractivity contribution is -0.420. The van der Waals surface area contributed by atoms with Crippen LogP contribution in [0.3, 0.4) is 0 Å². The summed E-state index contributed by atoms with van der Waals surface area (Å²) in [6, 6.07) is -1.03. The molecule has 0 spiro atoms. The average Bonchev–Trinajstić information content (AvgIpc) is 1.94. The van der Waals surface area contributed by atoms with E-state index >= 15 is 0 Å². The first-order chi connectivity index (χ1) is 5.43. The van der Waals surface area contributed by atoms with Gasteiger partial charge in [-0.15, -0.1) is 0 Å². The number of allylic oxidation sites excluding steroid dienone is 1. The Morgan fingerprint density at radius 3 is 2.75 bits per heavy atom. The van der Waals surface area contributed by atoms with Gasteiger partial charge in [0, 0.05) is 12.2 Å². The number of alkyl halides is 1. The average molecular weight is 173 g/mol. The lowest BCUT2D eigenvalue weighted by Gasteiger charge is -2.22. The Hall–Kier alpha value is -1.27. The smallest absolute Gasteiger partial charge is 0.269 e. The normalized spacial score (nSPS) is 34.6. The van der Waals surface area contributed by atoms with Gasteiger partial charge in [0.15, 0.2) is 0 Å². The highest BCUT2D eigenvalue weighted by Crippen LogP contribution is 2.19. The van der Waals surface area contributed by atoms with Gasteiger partial charge >= 0.3 is 0 Å². The van der Waals surface area contributed by atoms with Crippen LogP contribution in [0.2, 0.25) is 0 Å². The predicted octanol–water partition coefficient (Wildman–Crippen LogP) is -0.331. The molecule has 0 aromatic heterocycles. The first-order valence-electron chi connectivity index (χ1n) is 3.22. The summed E-state index contributed by atoms with van der Waals surface area (Å²) in [7, 11) is 0. The molecule has 2 atom stereocenters. The highest BCUT2D eigenvalue weighted by Gasteiger charge is 2.34. The van der Waals surface area contributed by atoms with Gasteiger partial charge in [-0.2, -0.15) is 0 Å². The van der Waals surface area contributed by atoms with Crippen LogP contribution in [-0.2, 0) is 0 Å². The number of hydrogen-bond acceptors (Lipinski definition) is 4. The molecule has 0 heterocycles. The fourth-order valence-corrected chi connectivity index (χ4v) is 0.834. The molecule has 6 heteroatoms. The third kappa shape index (κ3) is 1.49. The van der Waals surface area contributed by atoms with E-state index in [1.165, 1.54) is 0 Å². The zero-order valence-electron chi connectivity index (χ0n) is 6.11. The Balaban J connectivity index is 2.97. The van der Waals surface area contributed by atoms with Gasteiger partial charge in [-0.25, -0.2) is 4.39 Å². The van der Waals surface area contributed by atoms with Crippen LogP contribution in [0.15, 0.2) is 23.9 Å². The summed E-state index contributed by atoms with van der Waals surface area (Å²) in [4.78, 5) is 9.45. The van der Waals surface area contributed by atoms with E-state index < -0.39 is 16.8 Å². The summed E-state index contributed by atoms with van der Waals surface area (Å²) in [5.74, 6) is -2.32. The van der Waals surface area contributed by atoms with Crippen LogP contribution in [0.1, 0.15) is 0 Å². The van der Waals surface area contributed by atoms with Crippen molar-refractivity contribution in [2.24, 2.45) is 11.5 Å². The van der Waals surface area contributed by atoms with Crippen molar-refractivity contribution in [2.75, 3.05) is 0 Å². The minimum atomic E-state index is -2.32. The molecule has 0 aromatic rings. The molecule has 0 radical (unpaired) electrons. The van der Waals surface area contributed by atoms with Crippen LogP contribution < -0.4 is 11.5 Å². The van der Waals surface area contributed by atoms with Crippen LogP contribution in [-0.4, -0.2) is 16.8 Å². The van der Waals surface area contributed by atoms with E-state index in [1.807, 2.05) is 0 Å². The van der Waals surface area contributed by atoms with Gasteiger partial charge < -0.3 is 5.73 Å². The molecule has 5 nitrogen and oxygen atoms in total. The van der Waals surface area contributed by atoms with Gasteiger partial charge in [0.25, 0.3) is 5.70 Å². The monoisotopic (exact) mass is 173 g/mol. The molecule has 0 fully saturated rings. The first-order valence-corrected chi connectivity index (χ1v) is 3.22. The molecule has 12 heavy (non-hydrogen) atoms. The molecular formula is C6H8FN3O2. The van der Waals surface area contributed by atoms with Crippen molar-refractivity contribution in [1.29, 1.82) is 0 Å². The highest BCUT2D eigenvalue weighted by atomic mass is 19.1. The number of rotatable bonds is 1. The van der Waals surface area contributed by atoms with E-state index in [0.717, 1.165) is 12.2 Å². The van der Waals surface area contributed by atoms with Gasteiger partial charge in [-0.1, -0.05) is 6.08 Å². The molecule has 4 N–H and O–H groups in total. The largest absolute Gasteiger partial charge is 0.320 e. The Kier molecular flexibility index (Phi) is 1.95. The molecule has 1 aliphatic carbocycles. The summed E-state index contributed by atoms with van der Waals surface area (Å²) in [5.41, 5.74) is 9.87. The zero-order valence-corrected chi connectivity index (χ0v) is 6.11. The maximum atomic E-state index is 13.1. The molecule has 2 unspecified atom stereocenters. The Morgan fingerprint density at radius 1 is 1.75 bits per heavy atom. The van der Waals surface area contributed by atoms with Crippen molar-refractivity contribution in [3.8, 4) is 0 Å². The van der Waals surface area contributed by atoms with Crippen LogP contribution in [0.25, 0.3) is 0 Å². The summed E-state index contributed by atoms with van der Waals surface area (Å²) >= 11 is 0. The molecule has 66 valence electrons. The van der Waals surface area contributed by atoms with Gasteiger partial charge in [0.05, 0.1) is 11.0 Å². The van der Waals surface area contributed by atoms with Gasteiger partial charge in [-0.05, 0) is 0 Å². The van der Waals surface area contributed by atoms with Gasteiger partial charge in [-0.3, -0.25) is 15.8 Å². The van der Waals surface area contributed by atoms with E-state index in [2.05, 4.69) is 0 Å². The maximum Gasteiger partial charge on any atom is 0.269 e. The predicted molar refractivity (Wildman–Crippen MR) is 40.2 cm³/mol. The van der Waals surface area contributed by atoms with E-state index in [1.54, 1.807) is 0 Å². The number of nitrogens with two attached hydrogens (primary N) is 2. The SMILES string of the molecule is NC1C=CC([N+](=O)[O-])=CC1(N)F. The minimum Gasteiger partial charge on any atom is -0.320 e. The molecule has 0 amide bonds. The Bertz CT molecular complexity index is 272. The molecule has 1 aliphatic rings.